The van der Waals surface area contributed by atoms with Crippen molar-refractivity contribution in [2.24, 2.45) is 5.92 Å². The maximum absolute atomic E-state index is 12.0. The number of hydrogen-bond acceptors (Lipinski definition) is 4. The lowest BCUT2D eigenvalue weighted by atomic mass is 10.2. The van der Waals surface area contributed by atoms with Crippen molar-refractivity contribution in [3.63, 3.8) is 0 Å². The summed E-state index contributed by atoms with van der Waals surface area (Å²) in [4.78, 5) is 29.0. The summed E-state index contributed by atoms with van der Waals surface area (Å²) >= 11 is 6.06. The highest BCUT2D eigenvalue weighted by atomic mass is 35.5. The van der Waals surface area contributed by atoms with Crippen LogP contribution in [0.1, 0.15) is 13.3 Å². The number of benzene rings is 1. The van der Waals surface area contributed by atoms with Gasteiger partial charge in [0.25, 0.3) is 0 Å². The Labute approximate surface area is 165 Å². The summed E-state index contributed by atoms with van der Waals surface area (Å²) in [5, 5.41) is 12.5. The lowest BCUT2D eigenvalue weighted by Gasteiger charge is -2.36. The van der Waals surface area contributed by atoms with Gasteiger partial charge in [-0.2, -0.15) is 0 Å². The monoisotopic (exact) mass is 396 g/mol. The average molecular weight is 397 g/mol. The third-order valence-corrected chi connectivity index (χ3v) is 5.02. The van der Waals surface area contributed by atoms with E-state index >= 15 is 0 Å². The van der Waals surface area contributed by atoms with Gasteiger partial charge in [0.05, 0.1) is 5.92 Å². The maximum Gasteiger partial charge on any atom is 0.317 e. The van der Waals surface area contributed by atoms with Crippen LogP contribution in [-0.4, -0.2) is 79.8 Å². The van der Waals surface area contributed by atoms with E-state index in [0.717, 1.165) is 49.9 Å². The van der Waals surface area contributed by atoms with Crippen molar-refractivity contribution in [2.45, 2.75) is 13.3 Å². The first-order chi connectivity index (χ1) is 12.9. The summed E-state index contributed by atoms with van der Waals surface area (Å²) in [6.07, 6.45) is 0.866. The molecule has 0 bridgehead atoms. The SMILES string of the molecule is CC(CN(C)C(=O)NCCCN1CCN(c2cccc(Cl)c2)CC1)C(=O)O. The third kappa shape index (κ3) is 6.92. The molecule has 8 heteroatoms. The Kier molecular flexibility index (Phi) is 8.19. The molecule has 2 N–H and O–H groups in total. The molecule has 1 saturated heterocycles. The van der Waals surface area contributed by atoms with E-state index in [1.165, 1.54) is 4.90 Å². The van der Waals surface area contributed by atoms with Crippen LogP contribution in [0.5, 0.6) is 0 Å². The Morgan fingerprint density at radius 3 is 2.63 bits per heavy atom. The van der Waals surface area contributed by atoms with Gasteiger partial charge in [-0.15, -0.1) is 0 Å². The molecule has 27 heavy (non-hydrogen) atoms. The quantitative estimate of drug-likeness (QED) is 0.659. The van der Waals surface area contributed by atoms with Gasteiger partial charge >= 0.3 is 12.0 Å². The molecule has 0 saturated carbocycles. The average Bonchev–Trinajstić information content (AvgIpc) is 2.65. The topological polar surface area (TPSA) is 76.1 Å². The zero-order chi connectivity index (χ0) is 19.8. The van der Waals surface area contributed by atoms with Crippen molar-refractivity contribution < 1.29 is 14.7 Å². The van der Waals surface area contributed by atoms with E-state index in [4.69, 9.17) is 16.7 Å². The molecule has 150 valence electrons. The molecule has 2 amide bonds. The van der Waals surface area contributed by atoms with Gasteiger partial charge in [0, 0.05) is 57.0 Å². The fourth-order valence-corrected chi connectivity index (χ4v) is 3.29. The van der Waals surface area contributed by atoms with Crippen LogP contribution in [-0.2, 0) is 4.79 Å². The number of carboxylic acids is 1. The van der Waals surface area contributed by atoms with Crippen LogP contribution in [0.25, 0.3) is 0 Å². The molecule has 0 spiro atoms. The lowest BCUT2D eigenvalue weighted by Crippen LogP contribution is -2.47. The standard InChI is InChI=1S/C19H29ClN4O3/c1-15(18(25)26)14-22(2)19(27)21-7-4-8-23-9-11-24(12-10-23)17-6-3-5-16(20)13-17/h3,5-6,13,15H,4,7-12,14H2,1-2H3,(H,21,27)(H,25,26). The molecule has 0 aromatic heterocycles. The molecule has 1 aromatic rings. The van der Waals surface area contributed by atoms with Gasteiger partial charge in [-0.3, -0.25) is 9.69 Å². The number of hydrogen-bond donors (Lipinski definition) is 2. The van der Waals surface area contributed by atoms with E-state index < -0.39 is 11.9 Å². The molecule has 2 rings (SSSR count). The van der Waals surface area contributed by atoms with Gasteiger partial charge < -0.3 is 20.2 Å². The molecular weight excluding hydrogens is 368 g/mol. The number of carboxylic acid groups (broad SMARTS) is 1. The fourth-order valence-electron chi connectivity index (χ4n) is 3.11. The van der Waals surface area contributed by atoms with Crippen LogP contribution in [0.4, 0.5) is 10.5 Å². The predicted octanol–water partition coefficient (Wildman–Crippen LogP) is 2.21. The Morgan fingerprint density at radius 2 is 2.00 bits per heavy atom. The van der Waals surface area contributed by atoms with Gasteiger partial charge in [0.2, 0.25) is 0 Å². The molecule has 0 aliphatic carbocycles. The van der Waals surface area contributed by atoms with E-state index in [2.05, 4.69) is 21.2 Å². The first-order valence-corrected chi connectivity index (χ1v) is 9.69. The Morgan fingerprint density at radius 1 is 1.30 bits per heavy atom. The molecule has 1 unspecified atom stereocenters. The second kappa shape index (κ2) is 10.4. The lowest BCUT2D eigenvalue weighted by molar-refractivity contribution is -0.141. The number of carbonyl (C=O) groups excluding carboxylic acids is 1. The van der Waals surface area contributed by atoms with Crippen LogP contribution in [0.2, 0.25) is 5.02 Å². The second-order valence-corrected chi connectivity index (χ2v) is 7.45. The smallest absolute Gasteiger partial charge is 0.317 e. The van der Waals surface area contributed by atoms with E-state index in [9.17, 15) is 9.59 Å². The molecule has 1 heterocycles. The minimum Gasteiger partial charge on any atom is -0.481 e. The summed E-state index contributed by atoms with van der Waals surface area (Å²) in [5.74, 6) is -1.47. The number of halogens is 1. The van der Waals surface area contributed by atoms with Crippen molar-refractivity contribution in [3.8, 4) is 0 Å². The molecule has 1 aliphatic heterocycles. The summed E-state index contributed by atoms with van der Waals surface area (Å²) in [7, 11) is 1.61. The summed E-state index contributed by atoms with van der Waals surface area (Å²) in [5.41, 5.74) is 1.16. The van der Waals surface area contributed by atoms with Crippen molar-refractivity contribution in [3.05, 3.63) is 29.3 Å². The highest BCUT2D eigenvalue weighted by Gasteiger charge is 2.18. The number of nitrogens with zero attached hydrogens (tertiary/aromatic N) is 3. The molecule has 1 aliphatic rings. The van der Waals surface area contributed by atoms with E-state index in [1.807, 2.05) is 18.2 Å². The summed E-state index contributed by atoms with van der Waals surface area (Å²) < 4.78 is 0. The van der Waals surface area contributed by atoms with Gasteiger partial charge in [-0.1, -0.05) is 24.6 Å². The second-order valence-electron chi connectivity index (χ2n) is 7.01. The highest BCUT2D eigenvalue weighted by molar-refractivity contribution is 6.30. The highest BCUT2D eigenvalue weighted by Crippen LogP contribution is 2.20. The molecule has 0 radical (unpaired) electrons. The van der Waals surface area contributed by atoms with Crippen molar-refractivity contribution in [2.75, 3.05) is 57.8 Å². The van der Waals surface area contributed by atoms with Crippen LogP contribution >= 0.6 is 11.6 Å². The molecule has 1 aromatic carbocycles. The molecule has 1 fully saturated rings. The van der Waals surface area contributed by atoms with Crippen LogP contribution in [0.3, 0.4) is 0 Å². The summed E-state index contributed by atoms with van der Waals surface area (Å²) in [6.45, 7) is 7.19. The number of anilines is 1. The van der Waals surface area contributed by atoms with Crippen LogP contribution < -0.4 is 10.2 Å². The van der Waals surface area contributed by atoms with Crippen LogP contribution in [0, 0.1) is 5.92 Å². The predicted molar refractivity (Wildman–Crippen MR) is 108 cm³/mol. The minimum absolute atomic E-state index is 0.201. The van der Waals surface area contributed by atoms with E-state index in [-0.39, 0.29) is 12.6 Å². The largest absolute Gasteiger partial charge is 0.481 e. The normalized spacial score (nSPS) is 16.0. The Balaban J connectivity index is 1.62. The van der Waals surface area contributed by atoms with Crippen molar-refractivity contribution >= 4 is 29.3 Å². The van der Waals surface area contributed by atoms with Gasteiger partial charge in [0.15, 0.2) is 0 Å². The van der Waals surface area contributed by atoms with E-state index in [0.29, 0.717) is 6.54 Å². The molecule has 1 atom stereocenters. The number of nitrogens with one attached hydrogen (secondary N) is 1. The molecule has 7 nitrogen and oxygen atoms in total. The first kappa shape index (κ1) is 21.3. The van der Waals surface area contributed by atoms with Crippen molar-refractivity contribution in [1.82, 2.24) is 15.1 Å². The first-order valence-electron chi connectivity index (χ1n) is 9.31. The molecular formula is C19H29ClN4O3. The van der Waals surface area contributed by atoms with E-state index in [1.54, 1.807) is 14.0 Å². The van der Waals surface area contributed by atoms with Crippen molar-refractivity contribution in [1.29, 1.82) is 0 Å². The van der Waals surface area contributed by atoms with Gasteiger partial charge in [0.1, 0.15) is 0 Å². The number of carbonyl (C=O) groups is 2. The van der Waals surface area contributed by atoms with Gasteiger partial charge in [-0.05, 0) is 31.2 Å². The number of amides is 2. The third-order valence-electron chi connectivity index (χ3n) is 4.79. The zero-order valence-corrected chi connectivity index (χ0v) is 16.8. The Hall–Kier alpha value is -1.99. The Bertz CT molecular complexity index is 635. The number of aliphatic carboxylic acids is 1. The van der Waals surface area contributed by atoms with Crippen LogP contribution in [0.15, 0.2) is 24.3 Å². The minimum atomic E-state index is -0.897. The number of piperazine rings is 1. The number of urea groups is 1. The fraction of sp³-hybridized carbons (Fsp3) is 0.579. The maximum atomic E-state index is 12.0. The number of rotatable bonds is 8. The van der Waals surface area contributed by atoms with Gasteiger partial charge in [-0.25, -0.2) is 4.79 Å². The zero-order valence-electron chi connectivity index (χ0n) is 16.0. The summed E-state index contributed by atoms with van der Waals surface area (Å²) in [6, 6.07) is 7.71.